The van der Waals surface area contributed by atoms with Crippen LogP contribution < -0.4 is 45.9 Å². The molecule has 8 nitrogen and oxygen atoms in total. The minimum Gasteiger partial charge on any atom is -0.330 e. The normalized spacial score (nSPS) is 13.6. The van der Waals surface area contributed by atoms with E-state index in [2.05, 4.69) is 32.2 Å². The van der Waals surface area contributed by atoms with Crippen LogP contribution in [-0.2, 0) is 0 Å². The molecular weight excluding hydrogens is 364 g/mol. The summed E-state index contributed by atoms with van der Waals surface area (Å²) < 4.78 is 0. The van der Waals surface area contributed by atoms with Gasteiger partial charge in [0.2, 0.25) is 0 Å². The fraction of sp³-hybridized carbons (Fsp3) is 1.00. The standard InChI is InChI=1S/C10H24N2.2C5H14N2.CH6N2/c1-3-5-6-10(4-2,9-12)7-8-11;1-5(2,3-6)4-7;1-2-5(7)3-4-6;2-1-3/h3-9,11-12H2,1-2H3;3-4,6-7H2,1-2H3;5H,2-4,6-7H2,1H3;1-3H2. The van der Waals surface area contributed by atoms with Gasteiger partial charge in [-0.05, 0) is 75.7 Å². The molecule has 0 aromatic heterocycles. The van der Waals surface area contributed by atoms with Crippen molar-refractivity contribution in [1.82, 2.24) is 0 Å². The Balaban J connectivity index is -0.000000159. The van der Waals surface area contributed by atoms with Gasteiger partial charge in [0.05, 0.1) is 0 Å². The second-order valence-corrected chi connectivity index (χ2v) is 8.25. The molecule has 0 aliphatic carbocycles. The summed E-state index contributed by atoms with van der Waals surface area (Å²) in [5.41, 5.74) is 42.5. The summed E-state index contributed by atoms with van der Waals surface area (Å²) in [6, 6.07) is 0.324. The zero-order valence-electron chi connectivity index (χ0n) is 20.4. The molecule has 29 heavy (non-hydrogen) atoms. The maximum atomic E-state index is 5.79. The van der Waals surface area contributed by atoms with Gasteiger partial charge in [0.25, 0.3) is 0 Å². The molecule has 0 saturated heterocycles. The van der Waals surface area contributed by atoms with E-state index < -0.39 is 0 Å². The van der Waals surface area contributed by atoms with Crippen LogP contribution in [0.1, 0.15) is 79.6 Å². The van der Waals surface area contributed by atoms with Gasteiger partial charge in [-0.2, -0.15) is 0 Å². The van der Waals surface area contributed by atoms with Gasteiger partial charge < -0.3 is 45.9 Å². The topological polar surface area (TPSA) is 208 Å². The van der Waals surface area contributed by atoms with Crippen LogP contribution in [0.25, 0.3) is 0 Å². The third-order valence-corrected chi connectivity index (χ3v) is 5.09. The SMILES string of the molecule is CC(C)(CN)CN.CCC(N)CCN.CCCCC(CC)(CN)CCN.NCN. The molecule has 0 aromatic carbocycles. The van der Waals surface area contributed by atoms with E-state index in [1.165, 1.54) is 25.7 Å². The van der Waals surface area contributed by atoms with Crippen molar-refractivity contribution >= 4 is 0 Å². The molecule has 16 N–H and O–H groups in total. The molecule has 182 valence electrons. The lowest BCUT2D eigenvalue weighted by Gasteiger charge is -2.31. The van der Waals surface area contributed by atoms with Crippen LogP contribution in [0.5, 0.6) is 0 Å². The third kappa shape index (κ3) is 27.7. The highest BCUT2D eigenvalue weighted by Crippen LogP contribution is 2.30. The van der Waals surface area contributed by atoms with Crippen molar-refractivity contribution in [3.05, 3.63) is 0 Å². The van der Waals surface area contributed by atoms with Crippen molar-refractivity contribution in [3.8, 4) is 0 Å². The summed E-state index contributed by atoms with van der Waals surface area (Å²) in [6.07, 6.45) is 8.03. The summed E-state index contributed by atoms with van der Waals surface area (Å²) >= 11 is 0. The minimum absolute atomic E-state index is 0.139. The van der Waals surface area contributed by atoms with E-state index >= 15 is 0 Å². The predicted molar refractivity (Wildman–Crippen MR) is 132 cm³/mol. The molecule has 2 unspecified atom stereocenters. The number of nitrogens with two attached hydrogens (primary N) is 8. The lowest BCUT2D eigenvalue weighted by molar-refractivity contribution is 0.236. The molecule has 0 aromatic rings. The van der Waals surface area contributed by atoms with Crippen LogP contribution in [0.3, 0.4) is 0 Å². The first-order chi connectivity index (χ1) is 13.6. The highest BCUT2D eigenvalue weighted by atomic mass is 14.7. The minimum atomic E-state index is 0.139. The quantitative estimate of drug-likeness (QED) is 0.210. The van der Waals surface area contributed by atoms with Gasteiger partial charge in [0.1, 0.15) is 0 Å². The zero-order chi connectivity index (χ0) is 23.8. The molecule has 0 amide bonds. The first-order valence-electron chi connectivity index (χ1n) is 11.3. The smallest absolute Gasteiger partial charge is 0.0403 e. The van der Waals surface area contributed by atoms with Crippen molar-refractivity contribution in [2.24, 2.45) is 56.7 Å². The molecule has 0 aliphatic rings. The van der Waals surface area contributed by atoms with E-state index in [1.54, 1.807) is 0 Å². The Kier molecular flexibility index (Phi) is 32.0. The van der Waals surface area contributed by atoms with Gasteiger partial charge in [-0.15, -0.1) is 0 Å². The molecule has 0 saturated carbocycles. The fourth-order valence-corrected chi connectivity index (χ4v) is 2.19. The van der Waals surface area contributed by atoms with Crippen LogP contribution in [0.15, 0.2) is 0 Å². The molecule has 0 spiro atoms. The summed E-state index contributed by atoms with van der Waals surface area (Å²) in [7, 11) is 0. The zero-order valence-corrected chi connectivity index (χ0v) is 20.4. The third-order valence-electron chi connectivity index (χ3n) is 5.09. The Morgan fingerprint density at radius 3 is 1.38 bits per heavy atom. The van der Waals surface area contributed by atoms with Gasteiger partial charge in [0, 0.05) is 12.7 Å². The summed E-state index contributed by atoms with van der Waals surface area (Å²) in [5.74, 6) is 0. The average molecular weight is 423 g/mol. The van der Waals surface area contributed by atoms with E-state index in [1.807, 2.05) is 13.8 Å². The molecule has 8 heteroatoms. The van der Waals surface area contributed by atoms with E-state index in [0.717, 1.165) is 38.9 Å². The van der Waals surface area contributed by atoms with Gasteiger partial charge >= 0.3 is 0 Å². The summed E-state index contributed by atoms with van der Waals surface area (Å²) in [6.45, 7) is 14.5. The molecular formula is C21H58N8. The van der Waals surface area contributed by atoms with E-state index in [4.69, 9.17) is 34.4 Å². The number of unbranched alkanes of at least 4 members (excludes halogenated alkanes) is 1. The Morgan fingerprint density at radius 2 is 1.21 bits per heavy atom. The molecule has 2 atom stereocenters. The molecule has 0 radical (unpaired) electrons. The number of hydrogen-bond acceptors (Lipinski definition) is 8. The molecule has 0 rings (SSSR count). The van der Waals surface area contributed by atoms with Crippen molar-refractivity contribution in [2.45, 2.75) is 85.6 Å². The maximum absolute atomic E-state index is 5.79. The van der Waals surface area contributed by atoms with Crippen LogP contribution in [0.2, 0.25) is 0 Å². The predicted octanol–water partition coefficient (Wildman–Crippen LogP) is 0.744. The van der Waals surface area contributed by atoms with Crippen molar-refractivity contribution < 1.29 is 0 Å². The summed E-state index contributed by atoms with van der Waals surface area (Å²) in [4.78, 5) is 0. The monoisotopic (exact) mass is 422 g/mol. The number of rotatable bonds is 12. The van der Waals surface area contributed by atoms with Gasteiger partial charge in [0.15, 0.2) is 0 Å². The second-order valence-electron chi connectivity index (χ2n) is 8.25. The van der Waals surface area contributed by atoms with Crippen molar-refractivity contribution in [1.29, 1.82) is 0 Å². The lowest BCUT2D eigenvalue weighted by Crippen LogP contribution is -2.32. The molecule has 0 heterocycles. The van der Waals surface area contributed by atoms with Crippen LogP contribution in [0.4, 0.5) is 0 Å². The van der Waals surface area contributed by atoms with Gasteiger partial charge in [-0.1, -0.05) is 47.5 Å². The van der Waals surface area contributed by atoms with Crippen LogP contribution in [0, 0.1) is 10.8 Å². The average Bonchev–Trinajstić information content (AvgIpc) is 2.73. The van der Waals surface area contributed by atoms with Gasteiger partial charge in [-0.3, -0.25) is 0 Å². The first-order valence-corrected chi connectivity index (χ1v) is 11.3. The Morgan fingerprint density at radius 1 is 0.724 bits per heavy atom. The van der Waals surface area contributed by atoms with E-state index in [0.29, 0.717) is 24.5 Å². The lowest BCUT2D eigenvalue weighted by atomic mass is 9.77. The first kappa shape index (κ1) is 36.1. The Bertz CT molecular complexity index is 278. The highest BCUT2D eigenvalue weighted by Gasteiger charge is 2.24. The summed E-state index contributed by atoms with van der Waals surface area (Å²) in [5, 5.41) is 0. The van der Waals surface area contributed by atoms with Gasteiger partial charge in [-0.25, -0.2) is 0 Å². The molecule has 0 fully saturated rings. The van der Waals surface area contributed by atoms with E-state index in [9.17, 15) is 0 Å². The van der Waals surface area contributed by atoms with E-state index in [-0.39, 0.29) is 12.1 Å². The Hall–Kier alpha value is -0.320. The van der Waals surface area contributed by atoms with Crippen molar-refractivity contribution in [3.63, 3.8) is 0 Å². The largest absolute Gasteiger partial charge is 0.330 e. The van der Waals surface area contributed by atoms with Crippen LogP contribution in [-0.4, -0.2) is 45.4 Å². The van der Waals surface area contributed by atoms with Crippen LogP contribution >= 0.6 is 0 Å². The molecule has 0 bridgehead atoms. The second kappa shape index (κ2) is 25.7. The maximum Gasteiger partial charge on any atom is 0.0403 e. The fourth-order valence-electron chi connectivity index (χ4n) is 2.19. The highest BCUT2D eigenvalue weighted by molar-refractivity contribution is 4.79. The molecule has 0 aliphatic heterocycles. The van der Waals surface area contributed by atoms with Crippen molar-refractivity contribution in [2.75, 3.05) is 39.4 Å². The number of hydrogen-bond donors (Lipinski definition) is 8. The Labute approximate surface area is 182 Å².